The molecule has 0 saturated carbocycles. The highest BCUT2D eigenvalue weighted by Gasteiger charge is 2.19. The van der Waals surface area contributed by atoms with Gasteiger partial charge in [0.2, 0.25) is 5.91 Å². The summed E-state index contributed by atoms with van der Waals surface area (Å²) in [7, 11) is 0. The maximum atomic E-state index is 11.7. The predicted molar refractivity (Wildman–Crippen MR) is 108 cm³/mol. The second-order valence-corrected chi connectivity index (χ2v) is 5.49. The fourth-order valence-electron chi connectivity index (χ4n) is 2.56. The standard InChI is InChI=1S/C18H24N4O.HI/c1-3-10-20-18(19-4-2)21-13-15-7-5-8-16(12-15)14-22-11-6-9-17(22)23;/h1,5,7-8,12H,4,6,9-11,13-14H2,2H3,(H2,19,20,21);1H. The van der Waals surface area contributed by atoms with Gasteiger partial charge in [-0.2, -0.15) is 0 Å². The zero-order chi connectivity index (χ0) is 16.5. The molecule has 5 nitrogen and oxygen atoms in total. The van der Waals surface area contributed by atoms with E-state index in [1.54, 1.807) is 0 Å². The number of benzene rings is 1. The van der Waals surface area contributed by atoms with Crippen molar-refractivity contribution in [2.75, 3.05) is 19.6 Å². The van der Waals surface area contributed by atoms with Crippen LogP contribution in [0.3, 0.4) is 0 Å². The van der Waals surface area contributed by atoms with Crippen LogP contribution in [-0.2, 0) is 17.9 Å². The molecule has 0 aliphatic carbocycles. The summed E-state index contributed by atoms with van der Waals surface area (Å²) >= 11 is 0. The predicted octanol–water partition coefficient (Wildman–Crippen LogP) is 2.12. The van der Waals surface area contributed by atoms with Crippen LogP contribution in [0.5, 0.6) is 0 Å². The molecule has 1 heterocycles. The third-order valence-corrected chi connectivity index (χ3v) is 3.66. The van der Waals surface area contributed by atoms with Crippen LogP contribution in [0, 0.1) is 12.3 Å². The molecule has 2 N–H and O–H groups in total. The van der Waals surface area contributed by atoms with Crippen LogP contribution in [0.4, 0.5) is 0 Å². The molecule has 2 rings (SSSR count). The third-order valence-electron chi connectivity index (χ3n) is 3.66. The first kappa shape index (κ1) is 20.3. The maximum Gasteiger partial charge on any atom is 0.222 e. The molecule has 1 fully saturated rings. The highest BCUT2D eigenvalue weighted by molar-refractivity contribution is 14.0. The first-order valence-electron chi connectivity index (χ1n) is 8.04. The molecule has 0 atom stereocenters. The smallest absolute Gasteiger partial charge is 0.222 e. The minimum atomic E-state index is 0. The molecule has 1 aromatic carbocycles. The monoisotopic (exact) mass is 440 g/mol. The van der Waals surface area contributed by atoms with Crippen LogP contribution in [-0.4, -0.2) is 36.4 Å². The Labute approximate surface area is 161 Å². The molecule has 0 radical (unpaired) electrons. The zero-order valence-electron chi connectivity index (χ0n) is 14.0. The van der Waals surface area contributed by atoms with Gasteiger partial charge in [-0.25, -0.2) is 4.99 Å². The van der Waals surface area contributed by atoms with Gasteiger partial charge < -0.3 is 15.5 Å². The molecule has 1 aromatic rings. The molecule has 0 unspecified atom stereocenters. The number of hydrogen-bond donors (Lipinski definition) is 2. The van der Waals surface area contributed by atoms with E-state index in [9.17, 15) is 4.79 Å². The van der Waals surface area contributed by atoms with Gasteiger partial charge in [-0.05, 0) is 24.5 Å². The van der Waals surface area contributed by atoms with E-state index in [0.29, 0.717) is 32.0 Å². The number of nitrogens with zero attached hydrogens (tertiary/aromatic N) is 2. The SMILES string of the molecule is C#CCNC(=NCc1cccc(CN2CCCC2=O)c1)NCC.I. The van der Waals surface area contributed by atoms with Crippen LogP contribution < -0.4 is 10.6 Å². The Hall–Kier alpha value is -1.75. The van der Waals surface area contributed by atoms with Crippen LogP contribution in [0.1, 0.15) is 30.9 Å². The highest BCUT2D eigenvalue weighted by atomic mass is 127. The zero-order valence-corrected chi connectivity index (χ0v) is 16.4. The molecule has 130 valence electrons. The van der Waals surface area contributed by atoms with Crippen molar-refractivity contribution < 1.29 is 4.79 Å². The Kier molecular flexibility index (Phi) is 9.23. The quantitative estimate of drug-likeness (QED) is 0.309. The number of aliphatic imine (C=N–C) groups is 1. The first-order valence-corrected chi connectivity index (χ1v) is 8.04. The summed E-state index contributed by atoms with van der Waals surface area (Å²) in [4.78, 5) is 18.2. The van der Waals surface area contributed by atoms with Gasteiger partial charge in [-0.1, -0.05) is 30.2 Å². The van der Waals surface area contributed by atoms with Crippen molar-refractivity contribution >= 4 is 35.8 Å². The lowest BCUT2D eigenvalue weighted by molar-refractivity contribution is -0.128. The number of likely N-dealkylation sites (tertiary alicyclic amines) is 1. The van der Waals surface area contributed by atoms with Crippen molar-refractivity contribution in [2.24, 2.45) is 4.99 Å². The van der Waals surface area contributed by atoms with Crippen molar-refractivity contribution in [3.63, 3.8) is 0 Å². The summed E-state index contributed by atoms with van der Waals surface area (Å²) in [6.45, 7) is 5.37. The number of hydrogen-bond acceptors (Lipinski definition) is 2. The molecule has 1 saturated heterocycles. The molecule has 24 heavy (non-hydrogen) atoms. The lowest BCUT2D eigenvalue weighted by atomic mass is 10.1. The Morgan fingerprint density at radius 1 is 1.38 bits per heavy atom. The molecule has 1 amide bonds. The van der Waals surface area contributed by atoms with E-state index in [-0.39, 0.29) is 29.9 Å². The summed E-state index contributed by atoms with van der Waals surface area (Å²) in [6, 6.07) is 8.23. The molecular formula is C18H25IN4O. The molecule has 0 bridgehead atoms. The second kappa shape index (κ2) is 10.9. The largest absolute Gasteiger partial charge is 0.357 e. The minimum Gasteiger partial charge on any atom is -0.357 e. The molecule has 0 aromatic heterocycles. The third kappa shape index (κ3) is 6.40. The summed E-state index contributed by atoms with van der Waals surface area (Å²) in [6.07, 6.45) is 6.91. The molecular weight excluding hydrogens is 415 g/mol. The van der Waals surface area contributed by atoms with E-state index < -0.39 is 0 Å². The first-order chi connectivity index (χ1) is 11.2. The number of carbonyl (C=O) groups excluding carboxylic acids is 1. The van der Waals surface area contributed by atoms with Gasteiger partial charge in [-0.15, -0.1) is 30.4 Å². The van der Waals surface area contributed by atoms with Gasteiger partial charge in [0.25, 0.3) is 0 Å². The number of halogens is 1. The van der Waals surface area contributed by atoms with Crippen LogP contribution >= 0.6 is 24.0 Å². The van der Waals surface area contributed by atoms with E-state index in [0.717, 1.165) is 30.6 Å². The minimum absolute atomic E-state index is 0. The molecule has 6 heteroatoms. The fraction of sp³-hybridized carbons (Fsp3) is 0.444. The second-order valence-electron chi connectivity index (χ2n) is 5.49. The number of nitrogens with one attached hydrogen (secondary N) is 2. The molecule has 1 aliphatic heterocycles. The average Bonchev–Trinajstić information content (AvgIpc) is 2.95. The van der Waals surface area contributed by atoms with Crippen molar-refractivity contribution in [2.45, 2.75) is 32.9 Å². The maximum absolute atomic E-state index is 11.7. The van der Waals surface area contributed by atoms with E-state index in [1.165, 1.54) is 0 Å². The van der Waals surface area contributed by atoms with Gasteiger partial charge in [0, 0.05) is 26.1 Å². The van der Waals surface area contributed by atoms with Crippen molar-refractivity contribution in [3.05, 3.63) is 35.4 Å². The van der Waals surface area contributed by atoms with Crippen molar-refractivity contribution in [3.8, 4) is 12.3 Å². The summed E-state index contributed by atoms with van der Waals surface area (Å²) < 4.78 is 0. The van der Waals surface area contributed by atoms with E-state index in [1.807, 2.05) is 24.0 Å². The van der Waals surface area contributed by atoms with E-state index in [4.69, 9.17) is 6.42 Å². The van der Waals surface area contributed by atoms with Gasteiger partial charge in [-0.3, -0.25) is 4.79 Å². The summed E-state index contributed by atoms with van der Waals surface area (Å²) in [5, 5.41) is 6.23. The fourth-order valence-corrected chi connectivity index (χ4v) is 2.56. The number of amides is 1. The van der Waals surface area contributed by atoms with Gasteiger partial charge in [0.15, 0.2) is 5.96 Å². The highest BCUT2D eigenvalue weighted by Crippen LogP contribution is 2.15. The van der Waals surface area contributed by atoms with Crippen LogP contribution in [0.15, 0.2) is 29.3 Å². The van der Waals surface area contributed by atoms with Crippen molar-refractivity contribution in [1.82, 2.24) is 15.5 Å². The lowest BCUT2D eigenvalue weighted by Crippen LogP contribution is -2.37. The topological polar surface area (TPSA) is 56.7 Å². The van der Waals surface area contributed by atoms with Crippen molar-refractivity contribution in [1.29, 1.82) is 0 Å². The Balaban J connectivity index is 0.00000288. The Morgan fingerprint density at radius 3 is 2.83 bits per heavy atom. The normalized spacial score (nSPS) is 14.1. The Bertz CT molecular complexity index is 609. The lowest BCUT2D eigenvalue weighted by Gasteiger charge is -2.16. The summed E-state index contributed by atoms with van der Waals surface area (Å²) in [5.41, 5.74) is 2.27. The average molecular weight is 440 g/mol. The number of rotatable bonds is 6. The number of guanidine groups is 1. The van der Waals surface area contributed by atoms with Gasteiger partial charge in [0.05, 0.1) is 13.1 Å². The van der Waals surface area contributed by atoms with Gasteiger partial charge >= 0.3 is 0 Å². The number of terminal acetylenes is 1. The number of carbonyl (C=O) groups is 1. The molecule has 1 aliphatic rings. The molecule has 0 spiro atoms. The summed E-state index contributed by atoms with van der Waals surface area (Å²) in [5.74, 6) is 3.50. The van der Waals surface area contributed by atoms with E-state index >= 15 is 0 Å². The van der Waals surface area contributed by atoms with Crippen LogP contribution in [0.2, 0.25) is 0 Å². The van der Waals surface area contributed by atoms with Gasteiger partial charge in [0.1, 0.15) is 0 Å². The van der Waals surface area contributed by atoms with E-state index in [2.05, 4.69) is 33.7 Å². The van der Waals surface area contributed by atoms with Crippen LogP contribution in [0.25, 0.3) is 0 Å². The Morgan fingerprint density at radius 2 is 2.17 bits per heavy atom.